The fourth-order valence-corrected chi connectivity index (χ4v) is 2.00. The van der Waals surface area contributed by atoms with Gasteiger partial charge in [0.15, 0.2) is 5.75 Å². The molecule has 1 heterocycles. The molecule has 19 heavy (non-hydrogen) atoms. The van der Waals surface area contributed by atoms with Crippen LogP contribution in [0, 0.1) is 6.92 Å². The molecule has 0 fully saturated rings. The number of nitrogens with one attached hydrogen (secondary N) is 1. The number of aryl methyl sites for hydroxylation is 1. The van der Waals surface area contributed by atoms with Crippen molar-refractivity contribution < 1.29 is 14.3 Å². The van der Waals surface area contributed by atoms with Gasteiger partial charge in [-0.2, -0.15) is 0 Å². The van der Waals surface area contributed by atoms with Gasteiger partial charge < -0.3 is 15.0 Å². The summed E-state index contributed by atoms with van der Waals surface area (Å²) in [6.07, 6.45) is 0.892. The van der Waals surface area contributed by atoms with Crippen LogP contribution in [0.25, 0.3) is 0 Å². The van der Waals surface area contributed by atoms with Crippen LogP contribution in [0.5, 0.6) is 5.75 Å². The number of carbonyl (C=O) groups is 2. The molecule has 1 aromatic carbocycles. The van der Waals surface area contributed by atoms with Crippen molar-refractivity contribution in [1.82, 2.24) is 5.32 Å². The van der Waals surface area contributed by atoms with Crippen molar-refractivity contribution in [3.63, 3.8) is 0 Å². The highest BCUT2D eigenvalue weighted by atomic mass is 16.5. The van der Waals surface area contributed by atoms with Crippen molar-refractivity contribution in [3.05, 3.63) is 23.8 Å². The number of hydrogen-bond acceptors (Lipinski definition) is 4. The molecule has 1 aliphatic rings. The molecule has 1 amide bonds. The lowest BCUT2D eigenvalue weighted by Crippen LogP contribution is -2.43. The average molecular weight is 262 g/mol. The largest absolute Gasteiger partial charge is 0.423 e. The number of rotatable bonds is 4. The molecule has 0 aliphatic carbocycles. The highest BCUT2D eigenvalue weighted by Crippen LogP contribution is 2.32. The average Bonchev–Trinajstić information content (AvgIpc) is 2.35. The summed E-state index contributed by atoms with van der Waals surface area (Å²) in [4.78, 5) is 25.0. The summed E-state index contributed by atoms with van der Waals surface area (Å²) >= 11 is 0. The molecule has 0 radical (unpaired) electrons. The first-order valence-corrected chi connectivity index (χ1v) is 6.43. The van der Waals surface area contributed by atoms with E-state index in [0.717, 1.165) is 17.7 Å². The Balaban J connectivity index is 2.14. The van der Waals surface area contributed by atoms with E-state index in [2.05, 4.69) is 5.32 Å². The Kier molecular flexibility index (Phi) is 4.04. The summed E-state index contributed by atoms with van der Waals surface area (Å²) in [5, 5.41) is 2.80. The van der Waals surface area contributed by atoms with Gasteiger partial charge in [0.05, 0.1) is 12.2 Å². The lowest BCUT2D eigenvalue weighted by molar-refractivity contribution is -0.133. The Morgan fingerprint density at radius 2 is 2.26 bits per heavy atom. The molecule has 0 spiro atoms. The Morgan fingerprint density at radius 1 is 1.47 bits per heavy atom. The zero-order valence-electron chi connectivity index (χ0n) is 11.2. The van der Waals surface area contributed by atoms with Crippen molar-refractivity contribution in [2.24, 2.45) is 0 Å². The van der Waals surface area contributed by atoms with Gasteiger partial charge in [0.1, 0.15) is 6.54 Å². The summed E-state index contributed by atoms with van der Waals surface area (Å²) in [5.74, 6) is 0.115. The monoisotopic (exact) mass is 262 g/mol. The molecule has 5 heteroatoms. The number of hydrogen-bond donors (Lipinski definition) is 1. The second-order valence-corrected chi connectivity index (χ2v) is 4.65. The van der Waals surface area contributed by atoms with Crippen LogP contribution in [-0.2, 0) is 9.59 Å². The summed E-state index contributed by atoms with van der Waals surface area (Å²) in [7, 11) is 0. The Bertz CT molecular complexity index is 499. The minimum Gasteiger partial charge on any atom is -0.423 e. The van der Waals surface area contributed by atoms with Crippen LogP contribution in [0.1, 0.15) is 18.9 Å². The smallest absolute Gasteiger partial charge is 0.331 e. The third-order valence-corrected chi connectivity index (χ3v) is 2.91. The zero-order valence-corrected chi connectivity index (χ0v) is 11.2. The molecule has 0 unspecified atom stereocenters. The van der Waals surface area contributed by atoms with Gasteiger partial charge in [-0.3, -0.25) is 4.79 Å². The lowest BCUT2D eigenvalue weighted by Gasteiger charge is -2.29. The van der Waals surface area contributed by atoms with Crippen molar-refractivity contribution in [3.8, 4) is 5.75 Å². The SMILES string of the molecule is CCCNC(=O)CN1CC(=O)Oc2cc(C)ccc21. The fraction of sp³-hybridized carbons (Fsp3) is 0.429. The molecule has 0 bridgehead atoms. The van der Waals surface area contributed by atoms with Gasteiger partial charge >= 0.3 is 5.97 Å². The molecular weight excluding hydrogens is 244 g/mol. The number of carbonyl (C=O) groups excluding carboxylic acids is 2. The van der Waals surface area contributed by atoms with E-state index in [1.165, 1.54) is 0 Å². The van der Waals surface area contributed by atoms with Crippen LogP contribution >= 0.6 is 0 Å². The number of esters is 1. The van der Waals surface area contributed by atoms with Crippen LogP contribution < -0.4 is 15.0 Å². The molecule has 0 atom stereocenters. The number of benzene rings is 1. The molecule has 1 aromatic rings. The summed E-state index contributed by atoms with van der Waals surface area (Å²) in [6, 6.07) is 5.63. The Hall–Kier alpha value is -2.04. The molecule has 102 valence electrons. The summed E-state index contributed by atoms with van der Waals surface area (Å²) < 4.78 is 5.19. The number of ether oxygens (including phenoxy) is 1. The second-order valence-electron chi connectivity index (χ2n) is 4.65. The van der Waals surface area contributed by atoms with Gasteiger partial charge in [-0.25, -0.2) is 4.79 Å². The highest BCUT2D eigenvalue weighted by molar-refractivity contribution is 5.89. The zero-order chi connectivity index (χ0) is 13.8. The predicted octanol–water partition coefficient (Wildman–Crippen LogP) is 1.25. The molecule has 1 N–H and O–H groups in total. The van der Waals surface area contributed by atoms with Crippen molar-refractivity contribution in [2.45, 2.75) is 20.3 Å². The van der Waals surface area contributed by atoms with E-state index in [-0.39, 0.29) is 25.0 Å². The minimum atomic E-state index is -0.332. The molecule has 5 nitrogen and oxygen atoms in total. The van der Waals surface area contributed by atoms with E-state index >= 15 is 0 Å². The highest BCUT2D eigenvalue weighted by Gasteiger charge is 2.25. The van der Waals surface area contributed by atoms with Crippen LogP contribution in [0.4, 0.5) is 5.69 Å². The third kappa shape index (κ3) is 3.24. The number of amides is 1. The van der Waals surface area contributed by atoms with Gasteiger partial charge in [0.2, 0.25) is 5.91 Å². The standard InChI is InChI=1S/C14H18N2O3/c1-3-6-15-13(17)8-16-9-14(18)19-12-7-10(2)4-5-11(12)16/h4-5,7H,3,6,8-9H2,1-2H3,(H,15,17). The van der Waals surface area contributed by atoms with E-state index < -0.39 is 0 Å². The normalized spacial score (nSPS) is 13.8. The van der Waals surface area contributed by atoms with Crippen LogP contribution in [0.3, 0.4) is 0 Å². The predicted molar refractivity (Wildman–Crippen MR) is 72.3 cm³/mol. The van der Waals surface area contributed by atoms with Crippen LogP contribution in [-0.4, -0.2) is 31.5 Å². The maximum absolute atomic E-state index is 11.7. The van der Waals surface area contributed by atoms with Gasteiger partial charge in [0.25, 0.3) is 0 Å². The molecule has 1 aliphatic heterocycles. The molecule has 2 rings (SSSR count). The van der Waals surface area contributed by atoms with Gasteiger partial charge in [-0.1, -0.05) is 13.0 Å². The Morgan fingerprint density at radius 3 is 3.00 bits per heavy atom. The molecule has 0 saturated heterocycles. The summed E-state index contributed by atoms with van der Waals surface area (Å²) in [5.41, 5.74) is 1.81. The van der Waals surface area contributed by atoms with Gasteiger partial charge in [0, 0.05) is 6.54 Å². The molecule has 0 aromatic heterocycles. The number of fused-ring (bicyclic) bond motifs is 1. The van der Waals surface area contributed by atoms with E-state index in [1.807, 2.05) is 32.0 Å². The van der Waals surface area contributed by atoms with Gasteiger partial charge in [-0.15, -0.1) is 0 Å². The maximum atomic E-state index is 11.7. The fourth-order valence-electron chi connectivity index (χ4n) is 2.00. The first-order valence-electron chi connectivity index (χ1n) is 6.43. The summed E-state index contributed by atoms with van der Waals surface area (Å²) in [6.45, 7) is 4.86. The first-order chi connectivity index (χ1) is 9.10. The number of nitrogens with zero attached hydrogens (tertiary/aromatic N) is 1. The van der Waals surface area contributed by atoms with Crippen molar-refractivity contribution >= 4 is 17.6 Å². The third-order valence-electron chi connectivity index (χ3n) is 2.91. The van der Waals surface area contributed by atoms with E-state index in [9.17, 15) is 9.59 Å². The van der Waals surface area contributed by atoms with E-state index in [0.29, 0.717) is 12.3 Å². The lowest BCUT2D eigenvalue weighted by atomic mass is 10.1. The van der Waals surface area contributed by atoms with Crippen LogP contribution in [0.2, 0.25) is 0 Å². The van der Waals surface area contributed by atoms with E-state index in [1.54, 1.807) is 4.90 Å². The van der Waals surface area contributed by atoms with Crippen molar-refractivity contribution in [1.29, 1.82) is 0 Å². The van der Waals surface area contributed by atoms with Gasteiger partial charge in [-0.05, 0) is 31.0 Å². The number of anilines is 1. The topological polar surface area (TPSA) is 58.6 Å². The Labute approximate surface area is 112 Å². The van der Waals surface area contributed by atoms with Crippen molar-refractivity contribution in [2.75, 3.05) is 24.5 Å². The molecule has 0 saturated carbocycles. The minimum absolute atomic E-state index is 0.0805. The molecular formula is C14H18N2O3. The quantitative estimate of drug-likeness (QED) is 0.655. The van der Waals surface area contributed by atoms with Crippen LogP contribution in [0.15, 0.2) is 18.2 Å². The first kappa shape index (κ1) is 13.4. The second kappa shape index (κ2) is 5.73. The maximum Gasteiger partial charge on any atom is 0.331 e. The van der Waals surface area contributed by atoms with E-state index in [4.69, 9.17) is 4.74 Å².